The highest BCUT2D eigenvalue weighted by Crippen LogP contribution is 2.36. The molecule has 0 aliphatic rings. The largest absolute Gasteiger partial charge is 0.493 e. The van der Waals surface area contributed by atoms with Crippen molar-refractivity contribution in [2.45, 2.75) is 20.4 Å². The number of ketones is 1. The highest BCUT2D eigenvalue weighted by molar-refractivity contribution is 6.32. The SMILES string of the molecule is COCCn1c(C)cc(C(=O)COC(=O)C=Cc2cc(Cl)c(OC)c(OC)c2)c1C. The van der Waals surface area contributed by atoms with E-state index in [0.717, 1.165) is 11.4 Å². The Kier molecular flexibility index (Phi) is 8.50. The molecule has 8 heteroatoms. The number of hydrogen-bond donors (Lipinski definition) is 0. The van der Waals surface area contributed by atoms with Crippen LogP contribution in [0, 0.1) is 13.8 Å². The molecule has 0 N–H and O–H groups in total. The summed E-state index contributed by atoms with van der Waals surface area (Å²) < 4.78 is 22.6. The summed E-state index contributed by atoms with van der Waals surface area (Å²) in [7, 11) is 4.61. The lowest BCUT2D eigenvalue weighted by atomic mass is 10.1. The molecule has 0 spiro atoms. The second kappa shape index (κ2) is 10.8. The molecule has 0 saturated heterocycles. The number of aryl methyl sites for hydroxylation is 1. The molecule has 0 aliphatic heterocycles. The van der Waals surface area contributed by atoms with Crippen LogP contribution in [0.3, 0.4) is 0 Å². The molecule has 0 unspecified atom stereocenters. The summed E-state index contributed by atoms with van der Waals surface area (Å²) in [5.41, 5.74) is 2.93. The average Bonchev–Trinajstić information content (AvgIpc) is 3.01. The molecule has 0 aliphatic carbocycles. The number of hydrogen-bond acceptors (Lipinski definition) is 6. The van der Waals surface area contributed by atoms with Gasteiger partial charge in [-0.3, -0.25) is 4.79 Å². The molecule has 0 fully saturated rings. The van der Waals surface area contributed by atoms with Gasteiger partial charge in [-0.1, -0.05) is 11.6 Å². The number of carbonyl (C=O) groups excluding carboxylic acids is 2. The van der Waals surface area contributed by atoms with Crippen LogP contribution in [-0.2, 0) is 20.8 Å². The van der Waals surface area contributed by atoms with Crippen molar-refractivity contribution in [1.82, 2.24) is 4.57 Å². The molecule has 2 rings (SSSR count). The van der Waals surface area contributed by atoms with E-state index in [4.69, 9.17) is 30.5 Å². The zero-order valence-corrected chi connectivity index (χ0v) is 18.5. The van der Waals surface area contributed by atoms with Gasteiger partial charge in [-0.2, -0.15) is 0 Å². The molecular weight excluding hydrogens is 410 g/mol. The second-order valence-electron chi connectivity index (χ2n) is 6.53. The number of benzene rings is 1. The van der Waals surface area contributed by atoms with E-state index < -0.39 is 5.97 Å². The van der Waals surface area contributed by atoms with Crippen LogP contribution in [0.2, 0.25) is 5.02 Å². The summed E-state index contributed by atoms with van der Waals surface area (Å²) in [5, 5.41) is 0.351. The third-order valence-electron chi connectivity index (χ3n) is 4.61. The van der Waals surface area contributed by atoms with E-state index in [0.29, 0.717) is 40.8 Å². The number of aromatic nitrogens is 1. The van der Waals surface area contributed by atoms with Gasteiger partial charge in [0.2, 0.25) is 5.78 Å². The molecule has 0 saturated carbocycles. The van der Waals surface area contributed by atoms with E-state index in [2.05, 4.69) is 0 Å². The smallest absolute Gasteiger partial charge is 0.331 e. The Balaban J connectivity index is 2.01. The lowest BCUT2D eigenvalue weighted by molar-refractivity contribution is -0.136. The molecule has 2 aromatic rings. The number of carbonyl (C=O) groups is 2. The van der Waals surface area contributed by atoms with Crippen molar-refractivity contribution in [3.05, 3.63) is 51.8 Å². The third-order valence-corrected chi connectivity index (χ3v) is 4.89. The van der Waals surface area contributed by atoms with Crippen LogP contribution in [0.4, 0.5) is 0 Å². The van der Waals surface area contributed by atoms with E-state index in [1.54, 1.807) is 25.3 Å². The molecule has 30 heavy (non-hydrogen) atoms. The normalized spacial score (nSPS) is 11.0. The molecule has 162 valence electrons. The third kappa shape index (κ3) is 5.64. The summed E-state index contributed by atoms with van der Waals surface area (Å²) in [6.45, 7) is 4.63. The summed E-state index contributed by atoms with van der Waals surface area (Å²) in [5.74, 6) is -0.0465. The lowest BCUT2D eigenvalue weighted by Gasteiger charge is -2.10. The number of ether oxygens (including phenoxy) is 4. The number of methoxy groups -OCH3 is 3. The van der Waals surface area contributed by atoms with E-state index in [-0.39, 0.29) is 12.4 Å². The summed E-state index contributed by atoms with van der Waals surface area (Å²) in [6.07, 6.45) is 2.75. The van der Waals surface area contributed by atoms with Crippen molar-refractivity contribution < 1.29 is 28.5 Å². The summed E-state index contributed by atoms with van der Waals surface area (Å²) in [4.78, 5) is 24.5. The van der Waals surface area contributed by atoms with E-state index in [1.165, 1.54) is 26.4 Å². The van der Waals surface area contributed by atoms with Crippen LogP contribution in [-0.4, -0.2) is 50.9 Å². The predicted molar refractivity (Wildman–Crippen MR) is 115 cm³/mol. The monoisotopic (exact) mass is 435 g/mol. The standard InChI is InChI=1S/C22H26ClNO6/c1-14-10-17(15(2)24(14)8-9-27-3)19(25)13-30-21(26)7-6-16-11-18(23)22(29-5)20(12-16)28-4/h6-7,10-12H,8-9,13H2,1-5H3. The number of esters is 1. The van der Waals surface area contributed by atoms with Crippen LogP contribution in [0.5, 0.6) is 11.5 Å². The Morgan fingerprint density at radius 3 is 2.47 bits per heavy atom. The Hall–Kier alpha value is -2.77. The highest BCUT2D eigenvalue weighted by atomic mass is 35.5. The van der Waals surface area contributed by atoms with Crippen LogP contribution in [0.15, 0.2) is 24.3 Å². The highest BCUT2D eigenvalue weighted by Gasteiger charge is 2.17. The first-order valence-electron chi connectivity index (χ1n) is 9.27. The van der Waals surface area contributed by atoms with Crippen molar-refractivity contribution in [2.75, 3.05) is 34.5 Å². The van der Waals surface area contributed by atoms with Gasteiger partial charge in [-0.15, -0.1) is 0 Å². The number of nitrogens with zero attached hydrogens (tertiary/aromatic N) is 1. The van der Waals surface area contributed by atoms with Gasteiger partial charge in [-0.25, -0.2) is 4.79 Å². The summed E-state index contributed by atoms with van der Waals surface area (Å²) >= 11 is 6.15. The van der Waals surface area contributed by atoms with Crippen LogP contribution in [0.25, 0.3) is 6.08 Å². The lowest BCUT2D eigenvalue weighted by Crippen LogP contribution is -2.14. The maximum atomic E-state index is 12.5. The Morgan fingerprint density at radius 2 is 1.83 bits per heavy atom. The Bertz CT molecular complexity index is 948. The first kappa shape index (κ1) is 23.5. The topological polar surface area (TPSA) is 76.0 Å². The maximum Gasteiger partial charge on any atom is 0.331 e. The molecule has 7 nitrogen and oxygen atoms in total. The van der Waals surface area contributed by atoms with Gasteiger partial charge in [0, 0.05) is 36.7 Å². The predicted octanol–water partition coefficient (Wildman–Crippen LogP) is 3.86. The van der Waals surface area contributed by atoms with Gasteiger partial charge < -0.3 is 23.5 Å². The number of halogens is 1. The van der Waals surface area contributed by atoms with Gasteiger partial charge in [0.15, 0.2) is 18.1 Å². The minimum Gasteiger partial charge on any atom is -0.493 e. The fraction of sp³-hybridized carbons (Fsp3) is 0.364. The van der Waals surface area contributed by atoms with Gasteiger partial charge in [0.05, 0.1) is 25.8 Å². The average molecular weight is 436 g/mol. The van der Waals surface area contributed by atoms with Gasteiger partial charge >= 0.3 is 5.97 Å². The molecule has 1 heterocycles. The minimum atomic E-state index is -0.637. The molecule has 1 aromatic heterocycles. The molecule has 1 aromatic carbocycles. The Morgan fingerprint density at radius 1 is 1.10 bits per heavy atom. The fourth-order valence-electron chi connectivity index (χ4n) is 3.07. The zero-order chi connectivity index (χ0) is 22.3. The van der Waals surface area contributed by atoms with Gasteiger partial charge in [0.1, 0.15) is 0 Å². The molecular formula is C22H26ClNO6. The van der Waals surface area contributed by atoms with Crippen LogP contribution < -0.4 is 9.47 Å². The van der Waals surface area contributed by atoms with Crippen molar-refractivity contribution in [1.29, 1.82) is 0 Å². The minimum absolute atomic E-state index is 0.261. The first-order chi connectivity index (χ1) is 14.3. The van der Waals surface area contributed by atoms with Crippen molar-refractivity contribution in [3.8, 4) is 11.5 Å². The zero-order valence-electron chi connectivity index (χ0n) is 17.8. The van der Waals surface area contributed by atoms with Crippen molar-refractivity contribution in [2.24, 2.45) is 0 Å². The molecule has 0 atom stereocenters. The quantitative estimate of drug-likeness (QED) is 0.320. The van der Waals surface area contributed by atoms with Crippen LogP contribution in [0.1, 0.15) is 27.3 Å². The second-order valence-corrected chi connectivity index (χ2v) is 6.94. The number of rotatable bonds is 10. The van der Waals surface area contributed by atoms with Crippen molar-refractivity contribution >= 4 is 29.4 Å². The van der Waals surface area contributed by atoms with E-state index >= 15 is 0 Å². The first-order valence-corrected chi connectivity index (χ1v) is 9.65. The fourth-order valence-corrected chi connectivity index (χ4v) is 3.37. The van der Waals surface area contributed by atoms with E-state index in [1.807, 2.05) is 18.4 Å². The molecule has 0 bridgehead atoms. The van der Waals surface area contributed by atoms with E-state index in [9.17, 15) is 9.59 Å². The van der Waals surface area contributed by atoms with Crippen LogP contribution >= 0.6 is 11.6 Å². The van der Waals surface area contributed by atoms with Crippen molar-refractivity contribution in [3.63, 3.8) is 0 Å². The molecule has 0 radical (unpaired) electrons. The molecule has 0 amide bonds. The maximum absolute atomic E-state index is 12.5. The Labute approximate surface area is 181 Å². The van der Waals surface area contributed by atoms with Gasteiger partial charge in [0.25, 0.3) is 0 Å². The number of Topliss-reactive ketones (excluding diaryl/α,β-unsaturated/α-hetero) is 1. The summed E-state index contributed by atoms with van der Waals surface area (Å²) in [6, 6.07) is 5.10. The van der Waals surface area contributed by atoms with Gasteiger partial charge in [-0.05, 0) is 43.7 Å².